The van der Waals surface area contributed by atoms with E-state index in [0.717, 1.165) is 11.8 Å². The highest BCUT2D eigenvalue weighted by Gasteiger charge is 2.33. The van der Waals surface area contributed by atoms with Crippen LogP contribution in [0.2, 0.25) is 0 Å². The largest absolute Gasteiger partial charge is 0.431 e. The molecule has 0 bridgehead atoms. The zero-order valence-electron chi connectivity index (χ0n) is 12.9. The van der Waals surface area contributed by atoms with E-state index in [0.29, 0.717) is 21.5 Å². The standard InChI is InChI=1S/C15H15N3O3S2/c1-4-18-13(20)11(23-15(18)22)14-17(3)12(19)10(21-14)9-7-5-6-8-16(9)2/h5-8H,4H2,1-3H3/b10-9-,14-11-. The van der Waals surface area contributed by atoms with Gasteiger partial charge in [0.15, 0.2) is 0 Å². The number of rotatable bonds is 1. The second-order valence-electron chi connectivity index (χ2n) is 5.04. The van der Waals surface area contributed by atoms with Gasteiger partial charge in [0.05, 0.1) is 5.70 Å². The molecule has 0 unspecified atom stereocenters. The van der Waals surface area contributed by atoms with Crippen LogP contribution in [0.25, 0.3) is 10.6 Å². The quantitative estimate of drug-likeness (QED) is 0.670. The number of thiocarbonyl (C=S) groups is 1. The van der Waals surface area contributed by atoms with E-state index in [-0.39, 0.29) is 22.4 Å². The fraction of sp³-hybridized carbons (Fsp3) is 0.267. The maximum absolute atomic E-state index is 12.5. The molecule has 0 aliphatic carbocycles. The molecule has 0 spiro atoms. The molecule has 0 N–H and O–H groups in total. The van der Waals surface area contributed by atoms with E-state index in [1.54, 1.807) is 18.0 Å². The normalized spacial score (nSPS) is 22.6. The number of allylic oxidation sites excluding steroid dienone is 2. The number of hydrogen-bond acceptors (Lipinski definition) is 6. The average molecular weight is 349 g/mol. The number of aromatic nitrogens is 1. The summed E-state index contributed by atoms with van der Waals surface area (Å²) in [6.45, 7) is 2.34. The third-order valence-electron chi connectivity index (χ3n) is 3.65. The summed E-state index contributed by atoms with van der Waals surface area (Å²) >= 11 is 6.36. The number of nitrogens with zero attached hydrogens (tertiary/aromatic N) is 3. The van der Waals surface area contributed by atoms with Crippen LogP contribution >= 0.6 is 24.0 Å². The van der Waals surface area contributed by atoms with Gasteiger partial charge in [0.2, 0.25) is 11.0 Å². The molecule has 23 heavy (non-hydrogen) atoms. The zero-order chi connectivity index (χ0) is 16.7. The van der Waals surface area contributed by atoms with Gasteiger partial charge >= 0.3 is 0 Å². The molecule has 1 saturated heterocycles. The minimum absolute atomic E-state index is 0.201. The maximum atomic E-state index is 12.5. The van der Waals surface area contributed by atoms with Gasteiger partial charge < -0.3 is 9.32 Å². The molecule has 0 radical (unpaired) electrons. The van der Waals surface area contributed by atoms with Gasteiger partial charge in [0, 0.05) is 26.8 Å². The Morgan fingerprint density at radius 2 is 2.00 bits per heavy atom. The Morgan fingerprint density at radius 1 is 1.26 bits per heavy atom. The monoisotopic (exact) mass is 349 g/mol. The van der Waals surface area contributed by atoms with Crippen LogP contribution < -0.4 is 16.5 Å². The molecule has 2 aliphatic rings. The summed E-state index contributed by atoms with van der Waals surface area (Å²) in [4.78, 5) is 28.6. The lowest BCUT2D eigenvalue weighted by Gasteiger charge is -2.15. The fourth-order valence-corrected chi connectivity index (χ4v) is 3.79. The van der Waals surface area contributed by atoms with Crippen molar-refractivity contribution in [2.24, 2.45) is 7.05 Å². The predicted molar refractivity (Wildman–Crippen MR) is 93.6 cm³/mol. The third kappa shape index (κ3) is 2.47. The molecule has 0 saturated carbocycles. The zero-order valence-corrected chi connectivity index (χ0v) is 14.5. The number of carbonyl (C=O) groups excluding carboxylic acids is 1. The summed E-state index contributed by atoms with van der Waals surface area (Å²) in [6, 6.07) is 0. The summed E-state index contributed by atoms with van der Waals surface area (Å²) < 4.78 is 7.60. The van der Waals surface area contributed by atoms with E-state index in [1.807, 2.05) is 32.3 Å². The first-order chi connectivity index (χ1) is 11.0. The van der Waals surface area contributed by atoms with Crippen molar-refractivity contribution in [1.29, 1.82) is 0 Å². The lowest BCUT2D eigenvalue weighted by Crippen LogP contribution is -2.33. The molecule has 3 rings (SSSR count). The van der Waals surface area contributed by atoms with Gasteiger partial charge in [-0.05, 0) is 30.8 Å². The lowest BCUT2D eigenvalue weighted by atomic mass is 10.3. The first kappa shape index (κ1) is 15.8. The van der Waals surface area contributed by atoms with Crippen LogP contribution in [0, 0.1) is 0 Å². The van der Waals surface area contributed by atoms with Crippen molar-refractivity contribution in [1.82, 2.24) is 14.4 Å². The Balaban J connectivity index is 2.30. The Bertz CT molecular complexity index is 936. The Kier molecular flexibility index (Phi) is 4.03. The third-order valence-corrected chi connectivity index (χ3v) is 5.07. The topological polar surface area (TPSA) is 58.7 Å². The Morgan fingerprint density at radius 3 is 2.61 bits per heavy atom. The van der Waals surface area contributed by atoms with E-state index in [4.69, 9.17) is 16.6 Å². The highest BCUT2D eigenvalue weighted by Crippen LogP contribution is 2.30. The molecule has 3 heterocycles. The van der Waals surface area contributed by atoms with Gasteiger partial charge in [-0.2, -0.15) is 0 Å². The highest BCUT2D eigenvalue weighted by molar-refractivity contribution is 8.30. The van der Waals surface area contributed by atoms with E-state index in [9.17, 15) is 9.59 Å². The van der Waals surface area contributed by atoms with E-state index in [2.05, 4.69) is 0 Å². The number of carbonyl (C=O) groups is 1. The molecule has 8 heteroatoms. The molecule has 1 amide bonds. The fourth-order valence-electron chi connectivity index (χ4n) is 2.37. The molecule has 6 nitrogen and oxygen atoms in total. The van der Waals surface area contributed by atoms with Crippen molar-refractivity contribution in [3.05, 3.63) is 45.7 Å². The summed E-state index contributed by atoms with van der Waals surface area (Å²) in [5, 5.41) is 0. The van der Waals surface area contributed by atoms with E-state index < -0.39 is 0 Å². The second kappa shape index (κ2) is 5.86. The number of hydrogen-bond donors (Lipinski definition) is 0. The van der Waals surface area contributed by atoms with Crippen molar-refractivity contribution in [3.63, 3.8) is 0 Å². The van der Waals surface area contributed by atoms with Gasteiger partial charge in [-0.3, -0.25) is 19.1 Å². The van der Waals surface area contributed by atoms with Gasteiger partial charge in [0.1, 0.15) is 9.23 Å². The van der Waals surface area contributed by atoms with Gasteiger partial charge in [-0.1, -0.05) is 18.3 Å². The van der Waals surface area contributed by atoms with Crippen LogP contribution in [0.3, 0.4) is 0 Å². The predicted octanol–water partition coefficient (Wildman–Crippen LogP) is 0.0902. The van der Waals surface area contributed by atoms with Crippen molar-refractivity contribution < 1.29 is 9.21 Å². The Hall–Kier alpha value is -2.06. The second-order valence-corrected chi connectivity index (χ2v) is 6.69. The van der Waals surface area contributed by atoms with Crippen LogP contribution in [0.4, 0.5) is 0 Å². The first-order valence-corrected chi connectivity index (χ1v) is 8.24. The van der Waals surface area contributed by atoms with Crippen molar-refractivity contribution in [2.45, 2.75) is 6.92 Å². The van der Waals surface area contributed by atoms with E-state index in [1.165, 1.54) is 9.47 Å². The summed E-state index contributed by atoms with van der Waals surface area (Å²) in [6.07, 6.45) is 7.31. The summed E-state index contributed by atoms with van der Waals surface area (Å²) in [7, 11) is 3.42. The van der Waals surface area contributed by atoms with Gasteiger partial charge in [0.25, 0.3) is 11.5 Å². The molecule has 120 valence electrons. The number of thioether (sulfide) groups is 1. The minimum atomic E-state index is -0.288. The number of oxazole rings is 1. The van der Waals surface area contributed by atoms with Gasteiger partial charge in [-0.25, -0.2) is 0 Å². The Labute approximate surface area is 142 Å². The summed E-state index contributed by atoms with van der Waals surface area (Å²) in [5.74, 6) is -0.226. The average Bonchev–Trinajstić information content (AvgIpc) is 2.97. The van der Waals surface area contributed by atoms with Crippen LogP contribution in [0.15, 0.2) is 33.6 Å². The van der Waals surface area contributed by atoms with Crippen LogP contribution in [0.1, 0.15) is 6.92 Å². The van der Waals surface area contributed by atoms with Crippen LogP contribution in [0.5, 0.6) is 0 Å². The molecule has 2 aliphatic heterocycles. The molecule has 1 aromatic rings. The first-order valence-electron chi connectivity index (χ1n) is 7.01. The molecule has 1 fully saturated rings. The molecule has 1 aromatic heterocycles. The van der Waals surface area contributed by atoms with Crippen molar-refractivity contribution in [2.75, 3.05) is 13.6 Å². The maximum Gasteiger partial charge on any atom is 0.298 e. The van der Waals surface area contributed by atoms with E-state index >= 15 is 0 Å². The summed E-state index contributed by atoms with van der Waals surface area (Å²) in [5.41, 5.74) is 0.795. The highest BCUT2D eigenvalue weighted by atomic mass is 32.2. The molecule has 0 atom stereocenters. The molecular weight excluding hydrogens is 334 g/mol. The minimum Gasteiger partial charge on any atom is -0.431 e. The number of likely N-dealkylation sites (N-methyl/N-ethyl adjacent to an activating group) is 1. The lowest BCUT2D eigenvalue weighted by molar-refractivity contribution is -0.120. The van der Waals surface area contributed by atoms with Gasteiger partial charge in [-0.15, -0.1) is 0 Å². The van der Waals surface area contributed by atoms with Crippen LogP contribution in [-0.2, 0) is 11.8 Å². The van der Waals surface area contributed by atoms with Crippen LogP contribution in [-0.4, -0.2) is 38.2 Å². The molecular formula is C15H15N3O3S2. The number of amides is 1. The van der Waals surface area contributed by atoms with Crippen molar-refractivity contribution in [3.8, 4) is 0 Å². The molecule has 0 aromatic carbocycles. The smallest absolute Gasteiger partial charge is 0.298 e. The SMILES string of the molecule is CCN1C(=O)/C(=c2/o/c(=C3/C=CC=CN3C)c(=O)n2C)SC1=S. The van der Waals surface area contributed by atoms with Crippen molar-refractivity contribution >= 4 is 44.8 Å².